The molecule has 1 fully saturated rings. The number of piperazine rings is 1. The number of aromatic amines is 1. The average Bonchev–Trinajstić information content (AvgIpc) is 3.26. The molecular weight excluding hydrogens is 420 g/mol. The Morgan fingerprint density at radius 3 is 2.45 bits per heavy atom. The zero-order chi connectivity index (χ0) is 23.5. The van der Waals surface area contributed by atoms with Gasteiger partial charge in [-0.05, 0) is 23.1 Å². The first-order valence-corrected chi connectivity index (χ1v) is 11.3. The number of H-pyrrole nitrogens is 1. The van der Waals surface area contributed by atoms with Crippen molar-refractivity contribution in [1.29, 1.82) is 0 Å². The number of benzene rings is 2. The van der Waals surface area contributed by atoms with Crippen LogP contribution in [0.15, 0.2) is 48.7 Å². The first kappa shape index (κ1) is 22.5. The molecule has 1 unspecified atom stereocenters. The van der Waals surface area contributed by atoms with Crippen LogP contribution in [0.4, 0.5) is 5.69 Å². The van der Waals surface area contributed by atoms with E-state index >= 15 is 0 Å². The van der Waals surface area contributed by atoms with Gasteiger partial charge in [-0.25, -0.2) is 0 Å². The van der Waals surface area contributed by atoms with Gasteiger partial charge >= 0.3 is 0 Å². The van der Waals surface area contributed by atoms with Crippen molar-refractivity contribution in [1.82, 2.24) is 14.8 Å². The summed E-state index contributed by atoms with van der Waals surface area (Å²) in [5.41, 5.74) is 3.92. The fourth-order valence-electron chi connectivity index (χ4n) is 4.66. The van der Waals surface area contributed by atoms with Crippen LogP contribution in [-0.4, -0.2) is 57.7 Å². The molecule has 2 amide bonds. The molecule has 33 heavy (non-hydrogen) atoms. The van der Waals surface area contributed by atoms with Crippen LogP contribution >= 0.6 is 0 Å². The van der Waals surface area contributed by atoms with Crippen molar-refractivity contribution in [2.24, 2.45) is 0 Å². The summed E-state index contributed by atoms with van der Waals surface area (Å²) in [6.45, 7) is 5.67. The van der Waals surface area contributed by atoms with Crippen LogP contribution in [0.3, 0.4) is 0 Å². The van der Waals surface area contributed by atoms with Crippen molar-refractivity contribution in [2.75, 3.05) is 26.2 Å². The fourth-order valence-corrected chi connectivity index (χ4v) is 4.66. The Kier molecular flexibility index (Phi) is 6.44. The third-order valence-corrected chi connectivity index (χ3v) is 6.53. The van der Waals surface area contributed by atoms with Gasteiger partial charge in [-0.15, -0.1) is 0 Å². The molecule has 8 heteroatoms. The van der Waals surface area contributed by atoms with E-state index in [2.05, 4.69) is 18.0 Å². The largest absolute Gasteiger partial charge is 0.361 e. The lowest BCUT2D eigenvalue weighted by Crippen LogP contribution is -2.50. The molecule has 2 heterocycles. The molecule has 0 radical (unpaired) electrons. The van der Waals surface area contributed by atoms with Crippen molar-refractivity contribution < 1.29 is 14.5 Å². The maximum atomic E-state index is 13.3. The number of hydrogen-bond acceptors (Lipinski definition) is 4. The third kappa shape index (κ3) is 4.60. The predicted molar refractivity (Wildman–Crippen MR) is 126 cm³/mol. The van der Waals surface area contributed by atoms with E-state index in [0.717, 1.165) is 28.5 Å². The van der Waals surface area contributed by atoms with Crippen LogP contribution in [0, 0.1) is 10.1 Å². The molecule has 4 rings (SSSR count). The van der Waals surface area contributed by atoms with Gasteiger partial charge in [0.15, 0.2) is 0 Å². The summed E-state index contributed by atoms with van der Waals surface area (Å²) in [5, 5.41) is 12.4. The molecule has 0 bridgehead atoms. The highest BCUT2D eigenvalue weighted by molar-refractivity contribution is 5.88. The number of fused-ring (bicyclic) bond motifs is 1. The highest BCUT2D eigenvalue weighted by Crippen LogP contribution is 2.36. The van der Waals surface area contributed by atoms with Gasteiger partial charge in [0.05, 0.1) is 4.92 Å². The summed E-state index contributed by atoms with van der Waals surface area (Å²) < 4.78 is 0. The molecule has 1 aliphatic rings. The molecule has 172 valence electrons. The molecule has 8 nitrogen and oxygen atoms in total. The average molecular weight is 449 g/mol. The first-order chi connectivity index (χ1) is 15.9. The van der Waals surface area contributed by atoms with Crippen LogP contribution in [0.2, 0.25) is 0 Å². The number of carbonyl (C=O) groups is 2. The molecule has 2 aromatic carbocycles. The number of nitro groups is 1. The molecule has 0 spiro atoms. The van der Waals surface area contributed by atoms with Gasteiger partial charge in [0.25, 0.3) is 5.69 Å². The number of aromatic nitrogens is 1. The molecule has 0 aliphatic carbocycles. The zero-order valence-electron chi connectivity index (χ0n) is 18.9. The van der Waals surface area contributed by atoms with E-state index in [9.17, 15) is 19.7 Å². The summed E-state index contributed by atoms with van der Waals surface area (Å²) >= 11 is 0. The Morgan fingerprint density at radius 1 is 1.09 bits per heavy atom. The van der Waals surface area contributed by atoms with E-state index in [4.69, 9.17) is 0 Å². The van der Waals surface area contributed by atoms with Crippen molar-refractivity contribution in [3.05, 3.63) is 75.5 Å². The lowest BCUT2D eigenvalue weighted by atomic mass is 9.87. The smallest absolute Gasteiger partial charge is 0.269 e. The zero-order valence-corrected chi connectivity index (χ0v) is 18.9. The molecule has 1 atom stereocenters. The number of nitro benzene ring substituents is 1. The summed E-state index contributed by atoms with van der Waals surface area (Å²) in [6.07, 6.45) is 3.00. The summed E-state index contributed by atoms with van der Waals surface area (Å²) in [4.78, 5) is 42.8. The topological polar surface area (TPSA) is 99.6 Å². The molecule has 3 aromatic rings. The number of rotatable bonds is 6. The highest BCUT2D eigenvalue weighted by Gasteiger charge is 2.28. The fraction of sp³-hybridized carbons (Fsp3) is 0.360. The van der Waals surface area contributed by atoms with Gasteiger partial charge in [-0.2, -0.15) is 0 Å². The Balaban J connectivity index is 1.69. The number of nitrogens with zero attached hydrogens (tertiary/aromatic N) is 3. The van der Waals surface area contributed by atoms with E-state index in [1.165, 1.54) is 18.6 Å². The van der Waals surface area contributed by atoms with Gasteiger partial charge in [-0.1, -0.05) is 37.3 Å². The van der Waals surface area contributed by atoms with E-state index in [-0.39, 0.29) is 29.8 Å². The van der Waals surface area contributed by atoms with Crippen LogP contribution < -0.4 is 0 Å². The number of para-hydroxylation sites is 1. The Bertz CT molecular complexity index is 1190. The first-order valence-electron chi connectivity index (χ1n) is 11.3. The molecule has 1 aliphatic heterocycles. The van der Waals surface area contributed by atoms with Crippen molar-refractivity contribution in [3.8, 4) is 0 Å². The number of non-ortho nitro benzene ring substituents is 1. The maximum absolute atomic E-state index is 13.3. The highest BCUT2D eigenvalue weighted by atomic mass is 16.6. The van der Waals surface area contributed by atoms with E-state index in [1.54, 1.807) is 21.9 Å². The van der Waals surface area contributed by atoms with E-state index in [1.807, 2.05) is 24.4 Å². The van der Waals surface area contributed by atoms with Gasteiger partial charge in [0.1, 0.15) is 0 Å². The molecule has 1 saturated heterocycles. The monoisotopic (exact) mass is 448 g/mol. The number of aryl methyl sites for hydroxylation is 1. The SMILES string of the molecule is CCc1cccc2c(C(CC(=O)N3CCN(C(C)=O)CC3)c3cccc([N+](=O)[O-])c3)c[nH]c12. The Labute approximate surface area is 192 Å². The molecule has 1 N–H and O–H groups in total. The minimum atomic E-state index is -0.409. The quantitative estimate of drug-likeness (QED) is 0.457. The van der Waals surface area contributed by atoms with Gasteiger partial charge in [-0.3, -0.25) is 19.7 Å². The summed E-state index contributed by atoms with van der Waals surface area (Å²) in [6, 6.07) is 12.7. The van der Waals surface area contributed by atoms with E-state index < -0.39 is 4.92 Å². The van der Waals surface area contributed by atoms with Crippen LogP contribution in [0.25, 0.3) is 10.9 Å². The minimum absolute atomic E-state index is 0.00844. The number of carbonyl (C=O) groups excluding carboxylic acids is 2. The second-order valence-corrected chi connectivity index (χ2v) is 8.43. The van der Waals surface area contributed by atoms with Crippen molar-refractivity contribution in [2.45, 2.75) is 32.6 Å². The standard InChI is InChI=1S/C25H28N4O4/c1-3-18-6-5-9-21-23(16-26-25(18)21)22(19-7-4-8-20(14-19)29(32)33)15-24(31)28-12-10-27(11-13-28)17(2)30/h4-9,14,16,22,26H,3,10-13,15H2,1-2H3. The van der Waals surface area contributed by atoms with E-state index in [0.29, 0.717) is 26.2 Å². The van der Waals surface area contributed by atoms with Crippen molar-refractivity contribution >= 4 is 28.4 Å². The van der Waals surface area contributed by atoms with Crippen LogP contribution in [0.1, 0.15) is 42.9 Å². The molecule has 0 saturated carbocycles. The molecule has 1 aromatic heterocycles. The second-order valence-electron chi connectivity index (χ2n) is 8.43. The van der Waals surface area contributed by atoms with Gasteiger partial charge in [0.2, 0.25) is 11.8 Å². The van der Waals surface area contributed by atoms with Gasteiger partial charge in [0, 0.05) is 74.7 Å². The maximum Gasteiger partial charge on any atom is 0.269 e. The minimum Gasteiger partial charge on any atom is -0.361 e. The van der Waals surface area contributed by atoms with Gasteiger partial charge < -0.3 is 14.8 Å². The van der Waals surface area contributed by atoms with Crippen LogP contribution in [-0.2, 0) is 16.0 Å². The summed E-state index contributed by atoms with van der Waals surface area (Å²) in [7, 11) is 0. The normalized spacial score (nSPS) is 15.0. The Hall–Kier alpha value is -3.68. The third-order valence-electron chi connectivity index (χ3n) is 6.53. The lowest BCUT2D eigenvalue weighted by molar-refractivity contribution is -0.384. The molecular formula is C25H28N4O4. The Morgan fingerprint density at radius 2 is 1.79 bits per heavy atom. The lowest BCUT2D eigenvalue weighted by Gasteiger charge is -2.35. The van der Waals surface area contributed by atoms with Crippen molar-refractivity contribution in [3.63, 3.8) is 0 Å². The number of hydrogen-bond donors (Lipinski definition) is 1. The number of nitrogens with one attached hydrogen (secondary N) is 1. The summed E-state index contributed by atoms with van der Waals surface area (Å²) in [5.74, 6) is -0.332. The predicted octanol–water partition coefficient (Wildman–Crippen LogP) is 3.85. The van der Waals surface area contributed by atoms with Crippen LogP contribution in [0.5, 0.6) is 0 Å². The number of amides is 2. The second kappa shape index (κ2) is 9.44.